The molecule has 2 aromatic carbocycles. The molecule has 0 unspecified atom stereocenters. The quantitative estimate of drug-likeness (QED) is 0.540. The summed E-state index contributed by atoms with van der Waals surface area (Å²) in [5, 5.41) is 2.55. The first-order chi connectivity index (χ1) is 14.0. The van der Waals surface area contributed by atoms with Gasteiger partial charge in [0.25, 0.3) is 0 Å². The van der Waals surface area contributed by atoms with E-state index >= 15 is 0 Å². The third-order valence-electron chi connectivity index (χ3n) is 3.74. The molecule has 3 rings (SSSR count). The van der Waals surface area contributed by atoms with Gasteiger partial charge in [-0.3, -0.25) is 0 Å². The molecular formula is C19H14F6N4O. The number of hydrogen-bond donors (Lipinski definition) is 1. The van der Waals surface area contributed by atoms with E-state index in [1.54, 1.807) is 24.3 Å². The lowest BCUT2D eigenvalue weighted by Crippen LogP contribution is -2.20. The zero-order chi connectivity index (χ0) is 21.9. The van der Waals surface area contributed by atoms with Crippen molar-refractivity contribution in [3.63, 3.8) is 0 Å². The molecule has 3 aromatic rings. The normalized spacial score (nSPS) is 12.0. The highest BCUT2D eigenvalue weighted by molar-refractivity contribution is 5.60. The minimum atomic E-state index is -4.62. The van der Waals surface area contributed by atoms with Gasteiger partial charge < -0.3 is 10.1 Å². The van der Waals surface area contributed by atoms with E-state index in [1.807, 2.05) is 6.92 Å². The van der Waals surface area contributed by atoms with Crippen LogP contribution in [0, 0.1) is 6.92 Å². The van der Waals surface area contributed by atoms with E-state index in [0.717, 1.165) is 17.7 Å². The van der Waals surface area contributed by atoms with Crippen molar-refractivity contribution in [2.45, 2.75) is 19.3 Å². The summed E-state index contributed by atoms with van der Waals surface area (Å²) in [6.07, 6.45) is -9.18. The second kappa shape index (κ2) is 8.17. The van der Waals surface area contributed by atoms with Gasteiger partial charge in [0.2, 0.25) is 5.95 Å². The molecule has 11 heteroatoms. The zero-order valence-corrected chi connectivity index (χ0v) is 15.3. The molecule has 30 heavy (non-hydrogen) atoms. The summed E-state index contributed by atoms with van der Waals surface area (Å²) in [6, 6.07) is 10.4. The summed E-state index contributed by atoms with van der Waals surface area (Å²) < 4.78 is 80.8. The highest BCUT2D eigenvalue weighted by atomic mass is 19.4. The Hall–Kier alpha value is -3.37. The molecule has 0 aliphatic heterocycles. The van der Waals surface area contributed by atoms with Gasteiger partial charge in [0.15, 0.2) is 12.4 Å². The van der Waals surface area contributed by atoms with Crippen molar-refractivity contribution < 1.29 is 31.1 Å². The van der Waals surface area contributed by atoms with Crippen molar-refractivity contribution in [1.29, 1.82) is 0 Å². The Morgan fingerprint density at radius 3 is 2.23 bits per heavy atom. The average molecular weight is 428 g/mol. The third-order valence-corrected chi connectivity index (χ3v) is 3.74. The number of hydrogen-bond acceptors (Lipinski definition) is 5. The minimum absolute atomic E-state index is 0.00310. The van der Waals surface area contributed by atoms with Gasteiger partial charge in [-0.1, -0.05) is 35.9 Å². The summed E-state index contributed by atoms with van der Waals surface area (Å²) in [5.41, 5.74) is 0.483. The van der Waals surface area contributed by atoms with Gasteiger partial charge in [0, 0.05) is 11.3 Å². The van der Waals surface area contributed by atoms with Crippen LogP contribution in [0.1, 0.15) is 11.1 Å². The Morgan fingerprint density at radius 1 is 0.900 bits per heavy atom. The van der Waals surface area contributed by atoms with E-state index in [0.29, 0.717) is 5.56 Å². The molecule has 0 spiro atoms. The predicted molar refractivity (Wildman–Crippen MR) is 96.3 cm³/mol. The Labute approximate surface area is 166 Å². The van der Waals surface area contributed by atoms with E-state index in [1.165, 1.54) is 12.1 Å². The number of benzene rings is 2. The first kappa shape index (κ1) is 21.3. The van der Waals surface area contributed by atoms with E-state index in [-0.39, 0.29) is 17.5 Å². The maximum absolute atomic E-state index is 12.9. The molecule has 5 nitrogen and oxygen atoms in total. The average Bonchev–Trinajstić information content (AvgIpc) is 2.66. The summed E-state index contributed by atoms with van der Waals surface area (Å²) in [6.45, 7) is 0.211. The van der Waals surface area contributed by atoms with Crippen LogP contribution in [0.5, 0.6) is 6.01 Å². The van der Waals surface area contributed by atoms with Gasteiger partial charge in [-0.2, -0.15) is 41.3 Å². The van der Waals surface area contributed by atoms with Gasteiger partial charge in [0.1, 0.15) is 0 Å². The summed E-state index contributed by atoms with van der Waals surface area (Å²) in [5.74, 6) is -0.270. The first-order valence-corrected chi connectivity index (χ1v) is 8.46. The maximum atomic E-state index is 12.9. The fraction of sp³-hybridized carbons (Fsp3) is 0.211. The van der Waals surface area contributed by atoms with Crippen molar-refractivity contribution in [2.24, 2.45) is 0 Å². The fourth-order valence-electron chi connectivity index (χ4n) is 2.36. The van der Waals surface area contributed by atoms with Crippen molar-refractivity contribution in [3.8, 4) is 17.4 Å². The van der Waals surface area contributed by atoms with Crippen LogP contribution in [-0.2, 0) is 6.18 Å². The standard InChI is InChI=1S/C19H14F6N4O/c1-11-5-7-12(8-6-11)15-27-16(29-17(28-15)30-10-18(20,21)22)26-14-4-2-3-13(9-14)19(23,24)25/h2-9H,10H2,1H3,(H,26,27,28,29). The molecule has 0 amide bonds. The number of aromatic nitrogens is 3. The molecule has 0 aliphatic rings. The van der Waals surface area contributed by atoms with Gasteiger partial charge in [-0.05, 0) is 25.1 Å². The summed E-state index contributed by atoms with van der Waals surface area (Å²) in [4.78, 5) is 11.7. The first-order valence-electron chi connectivity index (χ1n) is 8.46. The summed E-state index contributed by atoms with van der Waals surface area (Å²) >= 11 is 0. The second-order valence-electron chi connectivity index (χ2n) is 6.24. The SMILES string of the molecule is Cc1ccc(-c2nc(Nc3cccc(C(F)(F)F)c3)nc(OCC(F)(F)F)n2)cc1. The van der Waals surface area contributed by atoms with Crippen molar-refractivity contribution in [1.82, 2.24) is 15.0 Å². The molecule has 0 radical (unpaired) electrons. The molecule has 0 bridgehead atoms. The van der Waals surface area contributed by atoms with E-state index < -0.39 is 30.5 Å². The van der Waals surface area contributed by atoms with Crippen LogP contribution in [0.4, 0.5) is 38.0 Å². The lowest BCUT2D eigenvalue weighted by atomic mass is 10.1. The van der Waals surface area contributed by atoms with Gasteiger partial charge >= 0.3 is 18.4 Å². The lowest BCUT2D eigenvalue weighted by molar-refractivity contribution is -0.154. The lowest BCUT2D eigenvalue weighted by Gasteiger charge is -2.12. The summed E-state index contributed by atoms with van der Waals surface area (Å²) in [7, 11) is 0. The number of nitrogens with one attached hydrogen (secondary N) is 1. The Bertz CT molecular complexity index is 1020. The minimum Gasteiger partial charge on any atom is -0.454 e. The molecule has 1 aromatic heterocycles. The van der Waals surface area contributed by atoms with E-state index in [4.69, 9.17) is 0 Å². The number of rotatable bonds is 5. The number of aryl methyl sites for hydroxylation is 1. The third kappa shape index (κ3) is 5.82. The molecular weight excluding hydrogens is 414 g/mol. The van der Waals surface area contributed by atoms with Crippen LogP contribution in [0.3, 0.4) is 0 Å². The molecule has 1 heterocycles. The highest BCUT2D eigenvalue weighted by Gasteiger charge is 2.31. The smallest absolute Gasteiger partial charge is 0.422 e. The van der Waals surface area contributed by atoms with Gasteiger partial charge in [-0.15, -0.1) is 0 Å². The fourth-order valence-corrected chi connectivity index (χ4v) is 2.36. The molecule has 1 N–H and O–H groups in total. The number of anilines is 2. The van der Waals surface area contributed by atoms with Crippen LogP contribution >= 0.6 is 0 Å². The van der Waals surface area contributed by atoms with Crippen LogP contribution in [-0.4, -0.2) is 27.7 Å². The Morgan fingerprint density at radius 2 is 1.60 bits per heavy atom. The topological polar surface area (TPSA) is 59.9 Å². The molecule has 0 saturated heterocycles. The van der Waals surface area contributed by atoms with Crippen molar-refractivity contribution >= 4 is 11.6 Å². The van der Waals surface area contributed by atoms with Gasteiger partial charge in [-0.25, -0.2) is 0 Å². The monoisotopic (exact) mass is 428 g/mol. The maximum Gasteiger partial charge on any atom is 0.422 e. The number of halogens is 6. The number of alkyl halides is 6. The molecule has 158 valence electrons. The van der Waals surface area contributed by atoms with Crippen LogP contribution in [0.15, 0.2) is 48.5 Å². The predicted octanol–water partition coefficient (Wildman–Crippen LogP) is 5.55. The second-order valence-corrected chi connectivity index (χ2v) is 6.24. The number of ether oxygens (including phenoxy) is 1. The van der Waals surface area contributed by atoms with Crippen LogP contribution in [0.2, 0.25) is 0 Å². The van der Waals surface area contributed by atoms with Gasteiger partial charge in [0.05, 0.1) is 5.56 Å². The van der Waals surface area contributed by atoms with Crippen molar-refractivity contribution in [2.75, 3.05) is 11.9 Å². The Kier molecular flexibility index (Phi) is 5.81. The molecule has 0 saturated carbocycles. The Balaban J connectivity index is 1.96. The van der Waals surface area contributed by atoms with Crippen LogP contribution < -0.4 is 10.1 Å². The van der Waals surface area contributed by atoms with Crippen molar-refractivity contribution in [3.05, 3.63) is 59.7 Å². The van der Waals surface area contributed by atoms with E-state index in [2.05, 4.69) is 25.0 Å². The molecule has 0 atom stereocenters. The highest BCUT2D eigenvalue weighted by Crippen LogP contribution is 2.31. The molecule has 0 aliphatic carbocycles. The number of nitrogens with zero attached hydrogens (tertiary/aromatic N) is 3. The largest absolute Gasteiger partial charge is 0.454 e. The van der Waals surface area contributed by atoms with E-state index in [9.17, 15) is 26.3 Å². The molecule has 0 fully saturated rings. The zero-order valence-electron chi connectivity index (χ0n) is 15.3. The van der Waals surface area contributed by atoms with Crippen LogP contribution in [0.25, 0.3) is 11.4 Å².